The van der Waals surface area contributed by atoms with Gasteiger partial charge in [-0.3, -0.25) is 9.69 Å². The van der Waals surface area contributed by atoms with Gasteiger partial charge in [-0.2, -0.15) is 5.10 Å². The van der Waals surface area contributed by atoms with Crippen LogP contribution in [0.25, 0.3) is 0 Å². The number of hydrazone groups is 1. The molecule has 8 nitrogen and oxygen atoms in total. The zero-order valence-electron chi connectivity index (χ0n) is 22.2. The number of halogens is 1. The van der Waals surface area contributed by atoms with Gasteiger partial charge in [0.15, 0.2) is 11.5 Å². The molecule has 1 heterocycles. The number of nitrogens with zero attached hydrogens (tertiary/aromatic N) is 3. The molecule has 4 rings (SSSR count). The average molecular weight is 594 g/mol. The first-order valence-corrected chi connectivity index (χ1v) is 13.5. The molecule has 0 bridgehead atoms. The van der Waals surface area contributed by atoms with E-state index >= 15 is 0 Å². The second-order valence-electron chi connectivity index (χ2n) is 8.96. The van der Waals surface area contributed by atoms with Gasteiger partial charge in [-0.05, 0) is 63.5 Å². The summed E-state index contributed by atoms with van der Waals surface area (Å²) in [6.07, 6.45) is 3.22. The van der Waals surface area contributed by atoms with E-state index in [0.717, 1.165) is 55.3 Å². The molecular formula is C30H33BrN4O4. The zero-order valence-corrected chi connectivity index (χ0v) is 23.8. The van der Waals surface area contributed by atoms with Crippen molar-refractivity contribution in [2.45, 2.75) is 6.54 Å². The van der Waals surface area contributed by atoms with Crippen molar-refractivity contribution in [2.75, 3.05) is 51.9 Å². The summed E-state index contributed by atoms with van der Waals surface area (Å²) in [4.78, 5) is 17.4. The van der Waals surface area contributed by atoms with Crippen LogP contribution in [0, 0.1) is 0 Å². The molecule has 0 spiro atoms. The lowest BCUT2D eigenvalue weighted by atomic mass is 10.1. The van der Waals surface area contributed by atoms with E-state index in [1.165, 1.54) is 0 Å². The molecule has 0 aliphatic carbocycles. The summed E-state index contributed by atoms with van der Waals surface area (Å²) in [5, 5.41) is 4.11. The summed E-state index contributed by atoms with van der Waals surface area (Å²) in [5.74, 6) is 1.76. The SMILES string of the molecule is C=CCOc1c(Br)cc(/C=N/NC(=O)c2ccc(CN3CCN(c4ccccc4OC)CC3)cc2)cc1OC. The number of methoxy groups -OCH3 is 2. The van der Waals surface area contributed by atoms with Gasteiger partial charge >= 0.3 is 0 Å². The Balaban J connectivity index is 1.28. The number of nitrogens with one attached hydrogen (secondary N) is 1. The van der Waals surface area contributed by atoms with E-state index in [0.29, 0.717) is 28.1 Å². The molecule has 0 unspecified atom stereocenters. The Morgan fingerprint density at radius 2 is 1.74 bits per heavy atom. The number of ether oxygens (including phenoxy) is 3. The number of hydrogen-bond donors (Lipinski definition) is 1. The van der Waals surface area contributed by atoms with E-state index < -0.39 is 0 Å². The van der Waals surface area contributed by atoms with Crippen LogP contribution in [0.5, 0.6) is 17.2 Å². The average Bonchev–Trinajstić information content (AvgIpc) is 2.97. The smallest absolute Gasteiger partial charge is 0.271 e. The number of anilines is 1. The molecule has 1 aliphatic heterocycles. The topological polar surface area (TPSA) is 75.6 Å². The van der Waals surface area contributed by atoms with Crippen LogP contribution in [-0.4, -0.2) is 64.0 Å². The number of para-hydroxylation sites is 2. The number of hydrogen-bond acceptors (Lipinski definition) is 7. The van der Waals surface area contributed by atoms with Crippen molar-refractivity contribution >= 4 is 33.7 Å². The van der Waals surface area contributed by atoms with Crippen molar-refractivity contribution in [1.82, 2.24) is 10.3 Å². The fourth-order valence-corrected chi connectivity index (χ4v) is 4.96. The highest BCUT2D eigenvalue weighted by molar-refractivity contribution is 9.10. The van der Waals surface area contributed by atoms with Crippen molar-refractivity contribution < 1.29 is 19.0 Å². The molecule has 39 heavy (non-hydrogen) atoms. The van der Waals surface area contributed by atoms with Crippen LogP contribution in [0.15, 0.2) is 82.9 Å². The molecule has 9 heteroatoms. The predicted octanol–water partition coefficient (Wildman–Crippen LogP) is 5.12. The van der Waals surface area contributed by atoms with Gasteiger partial charge in [0.25, 0.3) is 5.91 Å². The molecule has 1 N–H and O–H groups in total. The molecule has 0 saturated carbocycles. The highest BCUT2D eigenvalue weighted by Gasteiger charge is 2.19. The normalized spacial score (nSPS) is 13.8. The van der Waals surface area contributed by atoms with Crippen LogP contribution < -0.4 is 24.5 Å². The van der Waals surface area contributed by atoms with Gasteiger partial charge in [-0.1, -0.05) is 36.9 Å². The number of amides is 1. The Hall–Kier alpha value is -3.82. The maximum atomic E-state index is 12.6. The first kappa shape index (κ1) is 28.2. The summed E-state index contributed by atoms with van der Waals surface area (Å²) < 4.78 is 17.3. The molecular weight excluding hydrogens is 560 g/mol. The quantitative estimate of drug-likeness (QED) is 0.189. The Kier molecular flexibility index (Phi) is 9.99. The van der Waals surface area contributed by atoms with Gasteiger partial charge in [0.05, 0.1) is 30.6 Å². The largest absolute Gasteiger partial charge is 0.495 e. The predicted molar refractivity (Wildman–Crippen MR) is 158 cm³/mol. The first-order valence-electron chi connectivity index (χ1n) is 12.7. The van der Waals surface area contributed by atoms with Crippen LogP contribution in [0.2, 0.25) is 0 Å². The van der Waals surface area contributed by atoms with E-state index in [1.54, 1.807) is 32.6 Å². The number of rotatable bonds is 11. The van der Waals surface area contributed by atoms with Crippen molar-refractivity contribution in [3.05, 3.63) is 94.5 Å². The number of carbonyl (C=O) groups is 1. The molecule has 1 fully saturated rings. The molecule has 1 aliphatic rings. The number of piperazine rings is 1. The van der Waals surface area contributed by atoms with Crippen LogP contribution in [0.4, 0.5) is 5.69 Å². The van der Waals surface area contributed by atoms with E-state index in [9.17, 15) is 4.79 Å². The molecule has 3 aromatic rings. The van der Waals surface area contributed by atoms with Crippen molar-refractivity contribution in [2.24, 2.45) is 5.10 Å². The van der Waals surface area contributed by atoms with E-state index in [2.05, 4.69) is 48.9 Å². The summed E-state index contributed by atoms with van der Waals surface area (Å²) >= 11 is 3.49. The van der Waals surface area contributed by atoms with E-state index in [1.807, 2.05) is 48.5 Å². The summed E-state index contributed by atoms with van der Waals surface area (Å²) in [5.41, 5.74) is 6.18. The standard InChI is InChI=1S/C30H33BrN4O4/c1-4-17-39-29-25(31)18-23(19-28(29)38-3)20-32-33-30(36)24-11-9-22(10-12-24)21-34-13-15-35(16-14-34)26-7-5-6-8-27(26)37-2/h4-12,18-20H,1,13-17,21H2,2-3H3,(H,33,36)/b32-20+. The van der Waals surface area contributed by atoms with Crippen LogP contribution in [-0.2, 0) is 6.54 Å². The summed E-state index contributed by atoms with van der Waals surface area (Å²) in [7, 11) is 3.28. The lowest BCUT2D eigenvalue weighted by Gasteiger charge is -2.36. The maximum absolute atomic E-state index is 12.6. The fourth-order valence-electron chi connectivity index (χ4n) is 4.38. The van der Waals surface area contributed by atoms with Gasteiger partial charge in [-0.15, -0.1) is 0 Å². The minimum Gasteiger partial charge on any atom is -0.495 e. The molecule has 1 saturated heterocycles. The van der Waals surface area contributed by atoms with E-state index in [-0.39, 0.29) is 5.91 Å². The van der Waals surface area contributed by atoms with Gasteiger partial charge in [0.2, 0.25) is 0 Å². The van der Waals surface area contributed by atoms with Crippen LogP contribution in [0.1, 0.15) is 21.5 Å². The van der Waals surface area contributed by atoms with Crippen LogP contribution in [0.3, 0.4) is 0 Å². The van der Waals surface area contributed by atoms with Crippen molar-refractivity contribution in [3.8, 4) is 17.2 Å². The third kappa shape index (κ3) is 7.40. The minimum atomic E-state index is -0.278. The highest BCUT2D eigenvalue weighted by Crippen LogP contribution is 2.36. The molecule has 0 radical (unpaired) electrons. The van der Waals surface area contributed by atoms with Gasteiger partial charge in [-0.25, -0.2) is 5.43 Å². The van der Waals surface area contributed by atoms with Crippen molar-refractivity contribution in [1.29, 1.82) is 0 Å². The minimum absolute atomic E-state index is 0.278. The van der Waals surface area contributed by atoms with Crippen molar-refractivity contribution in [3.63, 3.8) is 0 Å². The van der Waals surface area contributed by atoms with Gasteiger partial charge < -0.3 is 19.1 Å². The summed E-state index contributed by atoms with van der Waals surface area (Å²) in [6, 6.07) is 19.4. The Labute approximate surface area is 238 Å². The Morgan fingerprint density at radius 3 is 2.44 bits per heavy atom. The molecule has 3 aromatic carbocycles. The summed E-state index contributed by atoms with van der Waals surface area (Å²) in [6.45, 7) is 8.64. The highest BCUT2D eigenvalue weighted by atomic mass is 79.9. The third-order valence-electron chi connectivity index (χ3n) is 6.40. The zero-order chi connectivity index (χ0) is 27.6. The lowest BCUT2D eigenvalue weighted by Crippen LogP contribution is -2.46. The van der Waals surface area contributed by atoms with E-state index in [4.69, 9.17) is 14.2 Å². The lowest BCUT2D eigenvalue weighted by molar-refractivity contribution is 0.0955. The Bertz CT molecular complexity index is 1300. The van der Waals surface area contributed by atoms with Crippen LogP contribution >= 0.6 is 15.9 Å². The second-order valence-corrected chi connectivity index (χ2v) is 9.82. The second kappa shape index (κ2) is 13.8. The molecule has 0 atom stereocenters. The first-order chi connectivity index (χ1) is 19.0. The molecule has 0 aromatic heterocycles. The fraction of sp³-hybridized carbons (Fsp3) is 0.267. The third-order valence-corrected chi connectivity index (χ3v) is 6.99. The monoisotopic (exact) mass is 592 g/mol. The Morgan fingerprint density at radius 1 is 1.03 bits per heavy atom. The molecule has 204 valence electrons. The van der Waals surface area contributed by atoms with Gasteiger partial charge in [0, 0.05) is 38.3 Å². The number of benzene rings is 3. The number of carbonyl (C=O) groups excluding carboxylic acids is 1. The maximum Gasteiger partial charge on any atom is 0.271 e. The molecule has 1 amide bonds. The van der Waals surface area contributed by atoms with Gasteiger partial charge in [0.1, 0.15) is 12.4 Å².